The van der Waals surface area contributed by atoms with Crippen molar-refractivity contribution >= 4 is 5.91 Å². The number of aliphatic hydroxyl groups excluding tert-OH is 1. The van der Waals surface area contributed by atoms with Crippen LogP contribution in [0.15, 0.2) is 0 Å². The van der Waals surface area contributed by atoms with Gasteiger partial charge in [-0.3, -0.25) is 9.69 Å². The van der Waals surface area contributed by atoms with E-state index in [-0.39, 0.29) is 6.54 Å². The van der Waals surface area contributed by atoms with Crippen LogP contribution in [0.4, 0.5) is 13.2 Å². The fourth-order valence-corrected chi connectivity index (χ4v) is 0.986. The van der Waals surface area contributed by atoms with Gasteiger partial charge in [-0.2, -0.15) is 13.2 Å². The summed E-state index contributed by atoms with van der Waals surface area (Å²) in [6, 6.07) is 0. The second kappa shape index (κ2) is 6.70. The summed E-state index contributed by atoms with van der Waals surface area (Å²) in [5, 5.41) is 10.7. The van der Waals surface area contributed by atoms with Crippen LogP contribution in [0, 0.1) is 0 Å². The first kappa shape index (κ1) is 15.2. The van der Waals surface area contributed by atoms with Crippen molar-refractivity contribution < 1.29 is 23.1 Å². The largest absolute Gasteiger partial charge is 0.405 e. The Morgan fingerprint density at radius 3 is 2.50 bits per heavy atom. The zero-order valence-corrected chi connectivity index (χ0v) is 9.34. The van der Waals surface area contributed by atoms with Crippen molar-refractivity contribution in [3.05, 3.63) is 0 Å². The number of likely N-dealkylation sites (N-methyl/N-ethyl adjacent to an activating group) is 1. The molecule has 1 amide bonds. The topological polar surface area (TPSA) is 52.6 Å². The maximum Gasteiger partial charge on any atom is 0.405 e. The fraction of sp³-hybridized carbons (Fsp3) is 0.889. The van der Waals surface area contributed by atoms with Gasteiger partial charge in [0.2, 0.25) is 5.91 Å². The summed E-state index contributed by atoms with van der Waals surface area (Å²) in [5.74, 6) is -0.676. The van der Waals surface area contributed by atoms with Crippen molar-refractivity contribution in [1.29, 1.82) is 0 Å². The third-order valence-electron chi connectivity index (χ3n) is 1.83. The van der Waals surface area contributed by atoms with Crippen LogP contribution in [0.1, 0.15) is 13.3 Å². The number of aliphatic hydroxyl groups is 1. The van der Waals surface area contributed by atoms with E-state index in [1.807, 2.05) is 0 Å². The van der Waals surface area contributed by atoms with Crippen molar-refractivity contribution in [1.82, 2.24) is 10.2 Å². The summed E-state index contributed by atoms with van der Waals surface area (Å²) in [4.78, 5) is 12.6. The Morgan fingerprint density at radius 2 is 2.06 bits per heavy atom. The molecule has 1 unspecified atom stereocenters. The lowest BCUT2D eigenvalue weighted by Gasteiger charge is -2.17. The number of carbonyl (C=O) groups excluding carboxylic acids is 1. The minimum absolute atomic E-state index is 0.108. The van der Waals surface area contributed by atoms with E-state index >= 15 is 0 Å². The van der Waals surface area contributed by atoms with E-state index < -0.39 is 24.7 Å². The molecule has 0 rings (SSSR count). The van der Waals surface area contributed by atoms with Gasteiger partial charge in [-0.1, -0.05) is 0 Å². The summed E-state index contributed by atoms with van der Waals surface area (Å²) in [6.45, 7) is 0.646. The molecule has 2 N–H and O–H groups in total. The summed E-state index contributed by atoms with van der Waals surface area (Å²) in [5.41, 5.74) is 0. The number of amides is 1. The van der Waals surface area contributed by atoms with Gasteiger partial charge < -0.3 is 10.4 Å². The minimum atomic E-state index is -4.38. The molecule has 0 aliphatic heterocycles. The zero-order chi connectivity index (χ0) is 12.8. The Kier molecular flexibility index (Phi) is 6.35. The van der Waals surface area contributed by atoms with Gasteiger partial charge in [-0.15, -0.1) is 0 Å². The Balaban J connectivity index is 3.70. The van der Waals surface area contributed by atoms with Crippen molar-refractivity contribution in [2.75, 3.05) is 26.7 Å². The lowest BCUT2D eigenvalue weighted by molar-refractivity contribution is -0.138. The Bertz CT molecular complexity index is 219. The summed E-state index contributed by atoms with van der Waals surface area (Å²) >= 11 is 0. The Labute approximate surface area is 92.4 Å². The average Bonchev–Trinajstić information content (AvgIpc) is 2.10. The van der Waals surface area contributed by atoms with Crippen molar-refractivity contribution in [3.8, 4) is 0 Å². The molecule has 0 radical (unpaired) electrons. The van der Waals surface area contributed by atoms with Gasteiger partial charge in [-0.25, -0.2) is 0 Å². The van der Waals surface area contributed by atoms with Crippen LogP contribution in [0.25, 0.3) is 0 Å². The minimum Gasteiger partial charge on any atom is -0.393 e. The zero-order valence-electron chi connectivity index (χ0n) is 9.34. The van der Waals surface area contributed by atoms with E-state index in [1.165, 1.54) is 0 Å². The quantitative estimate of drug-likeness (QED) is 0.707. The van der Waals surface area contributed by atoms with Crippen molar-refractivity contribution in [3.63, 3.8) is 0 Å². The van der Waals surface area contributed by atoms with Gasteiger partial charge in [0.05, 0.1) is 12.6 Å². The third kappa shape index (κ3) is 9.72. The Morgan fingerprint density at radius 1 is 1.50 bits per heavy atom. The van der Waals surface area contributed by atoms with Crippen LogP contribution in [0.3, 0.4) is 0 Å². The standard InChI is InChI=1S/C9H17F3N2O2/c1-7(15)3-4-14(2)5-8(16)13-6-9(10,11)12/h7,15H,3-6H2,1-2H3,(H,13,16). The van der Waals surface area contributed by atoms with Gasteiger partial charge >= 0.3 is 6.18 Å². The van der Waals surface area contributed by atoms with E-state index in [0.29, 0.717) is 13.0 Å². The van der Waals surface area contributed by atoms with Crippen LogP contribution in [0.2, 0.25) is 0 Å². The van der Waals surface area contributed by atoms with E-state index in [1.54, 1.807) is 24.2 Å². The molecule has 0 saturated heterocycles. The molecular weight excluding hydrogens is 225 g/mol. The normalized spacial score (nSPS) is 13.9. The highest BCUT2D eigenvalue weighted by Gasteiger charge is 2.27. The first-order valence-electron chi connectivity index (χ1n) is 4.91. The van der Waals surface area contributed by atoms with Crippen LogP contribution >= 0.6 is 0 Å². The van der Waals surface area contributed by atoms with Crippen LogP contribution in [-0.4, -0.2) is 54.9 Å². The molecule has 0 aliphatic rings. The molecule has 0 spiro atoms. The van der Waals surface area contributed by atoms with Gasteiger partial charge in [0, 0.05) is 6.54 Å². The molecule has 0 aromatic heterocycles. The first-order valence-corrected chi connectivity index (χ1v) is 4.91. The molecule has 16 heavy (non-hydrogen) atoms. The molecule has 0 bridgehead atoms. The number of rotatable bonds is 6. The molecule has 0 heterocycles. The number of alkyl halides is 3. The van der Waals surface area contributed by atoms with E-state index in [4.69, 9.17) is 5.11 Å². The summed E-state index contributed by atoms with van der Waals surface area (Å²) < 4.78 is 35.2. The number of nitrogens with zero attached hydrogens (tertiary/aromatic N) is 1. The lowest BCUT2D eigenvalue weighted by Crippen LogP contribution is -2.40. The number of halogens is 3. The van der Waals surface area contributed by atoms with Crippen LogP contribution < -0.4 is 5.32 Å². The number of hydrogen-bond acceptors (Lipinski definition) is 3. The lowest BCUT2D eigenvalue weighted by atomic mass is 10.3. The Hall–Kier alpha value is -0.820. The molecule has 4 nitrogen and oxygen atoms in total. The molecule has 96 valence electrons. The van der Waals surface area contributed by atoms with Gasteiger partial charge in [0.15, 0.2) is 0 Å². The first-order chi connectivity index (χ1) is 7.20. The van der Waals surface area contributed by atoms with Gasteiger partial charge in [0.25, 0.3) is 0 Å². The maximum atomic E-state index is 11.7. The predicted molar refractivity (Wildman–Crippen MR) is 52.9 cm³/mol. The number of hydrogen-bond donors (Lipinski definition) is 2. The SMILES string of the molecule is CC(O)CCN(C)CC(=O)NCC(F)(F)F. The second-order valence-electron chi connectivity index (χ2n) is 3.77. The summed E-state index contributed by atoms with van der Waals surface area (Å²) in [6.07, 6.45) is -4.39. The second-order valence-corrected chi connectivity index (χ2v) is 3.77. The fourth-order valence-electron chi connectivity index (χ4n) is 0.986. The van der Waals surface area contributed by atoms with Crippen molar-refractivity contribution in [2.45, 2.75) is 25.6 Å². The molecule has 7 heteroatoms. The van der Waals surface area contributed by atoms with Gasteiger partial charge in [0.1, 0.15) is 6.54 Å². The smallest absolute Gasteiger partial charge is 0.393 e. The number of nitrogens with one attached hydrogen (secondary N) is 1. The van der Waals surface area contributed by atoms with E-state index in [2.05, 4.69) is 0 Å². The monoisotopic (exact) mass is 242 g/mol. The highest BCUT2D eigenvalue weighted by Crippen LogP contribution is 2.11. The predicted octanol–water partition coefficient (Wildman–Crippen LogP) is 0.368. The van der Waals surface area contributed by atoms with Crippen LogP contribution in [0.5, 0.6) is 0 Å². The van der Waals surface area contributed by atoms with Crippen molar-refractivity contribution in [2.24, 2.45) is 0 Å². The molecular formula is C9H17F3N2O2. The van der Waals surface area contributed by atoms with E-state index in [0.717, 1.165) is 0 Å². The molecule has 1 atom stereocenters. The summed E-state index contributed by atoms with van der Waals surface area (Å²) in [7, 11) is 1.61. The number of carbonyl (C=O) groups is 1. The molecule has 0 aromatic carbocycles. The molecule has 0 fully saturated rings. The molecule has 0 saturated carbocycles. The van der Waals surface area contributed by atoms with Crippen LogP contribution in [-0.2, 0) is 4.79 Å². The maximum absolute atomic E-state index is 11.7. The highest BCUT2D eigenvalue weighted by atomic mass is 19.4. The molecule has 0 aliphatic carbocycles. The van der Waals surface area contributed by atoms with E-state index in [9.17, 15) is 18.0 Å². The third-order valence-corrected chi connectivity index (χ3v) is 1.83. The molecule has 0 aromatic rings. The van der Waals surface area contributed by atoms with Gasteiger partial charge in [-0.05, 0) is 20.4 Å². The average molecular weight is 242 g/mol. The highest BCUT2D eigenvalue weighted by molar-refractivity contribution is 5.77.